The molecule has 0 radical (unpaired) electrons. The van der Waals surface area contributed by atoms with Gasteiger partial charge in [0.2, 0.25) is 0 Å². The Hall–Kier alpha value is -14.2. The molecular weight excluding hydrogens is 1460 g/mol. The maximum atomic E-state index is 12.7. The van der Waals surface area contributed by atoms with Gasteiger partial charge in [-0.2, -0.15) is 61.4 Å². The van der Waals surface area contributed by atoms with E-state index in [2.05, 4.69) is 144 Å². The summed E-state index contributed by atoms with van der Waals surface area (Å²) in [7, 11) is 0. The van der Waals surface area contributed by atoms with E-state index in [4.69, 9.17) is 20.5 Å². The molecule has 0 unspecified atom stereocenters. The molecule has 116 heavy (non-hydrogen) atoms. The second-order valence-corrected chi connectivity index (χ2v) is 32.6. The molecule has 12 aromatic rings. The lowest BCUT2D eigenvalue weighted by Crippen LogP contribution is -2.10. The lowest BCUT2D eigenvalue weighted by atomic mass is 9.87. The smallest absolute Gasteiger partial charge is 0.143 e. The number of hydrogen-bond donors (Lipinski definition) is 8. The number of phenols is 8. The van der Waals surface area contributed by atoms with Crippen molar-refractivity contribution in [3.8, 4) is 46.0 Å². The van der Waals surface area contributed by atoms with Crippen molar-refractivity contribution in [2.45, 2.75) is 130 Å². The van der Waals surface area contributed by atoms with Gasteiger partial charge in [-0.25, -0.2) is 0 Å². The second kappa shape index (κ2) is 33.3. The van der Waals surface area contributed by atoms with Gasteiger partial charge in [-0.05, 0) is 238 Å². The van der Waals surface area contributed by atoms with Crippen molar-refractivity contribution in [2.24, 2.45) is 81.8 Å². The Kier molecular flexibility index (Phi) is 22.9. The molecule has 12 aromatic carbocycles. The minimum atomic E-state index is -0.187. The van der Waals surface area contributed by atoms with Crippen LogP contribution in [0.25, 0.3) is 0 Å². The molecule has 1 aliphatic carbocycles. The largest absolute Gasteiger partial charge is 0.507 e. The molecule has 0 spiro atoms. The van der Waals surface area contributed by atoms with Crippen LogP contribution in [0.5, 0.6) is 46.0 Å². The van der Waals surface area contributed by atoms with E-state index in [0.717, 1.165) is 22.3 Å². The van der Waals surface area contributed by atoms with Gasteiger partial charge in [-0.15, -0.1) is 20.5 Å². The van der Waals surface area contributed by atoms with E-state index in [1.807, 2.05) is 24.3 Å². The third kappa shape index (κ3) is 19.8. The molecule has 24 heteroatoms. The van der Waals surface area contributed by atoms with E-state index in [0.29, 0.717) is 136 Å². The fraction of sp³-hybridized carbons (Fsp3) is 0.217. The van der Waals surface area contributed by atoms with Crippen LogP contribution in [0, 0.1) is 0 Å². The topological polar surface area (TPSA) is 360 Å². The van der Waals surface area contributed by atoms with Gasteiger partial charge in [0.25, 0.3) is 0 Å². The summed E-state index contributed by atoms with van der Waals surface area (Å²) in [5.41, 5.74) is 11.9. The Labute approximate surface area is 671 Å². The molecule has 0 aliphatic heterocycles. The van der Waals surface area contributed by atoms with Gasteiger partial charge in [-0.1, -0.05) is 107 Å². The van der Waals surface area contributed by atoms with Gasteiger partial charge < -0.3 is 40.9 Å². The van der Waals surface area contributed by atoms with Gasteiger partial charge >= 0.3 is 0 Å². The van der Waals surface area contributed by atoms with Crippen LogP contribution in [0.1, 0.15) is 150 Å². The van der Waals surface area contributed by atoms with E-state index in [1.54, 1.807) is 194 Å². The Bertz CT molecular complexity index is 5140. The molecule has 0 saturated carbocycles. The van der Waals surface area contributed by atoms with Crippen LogP contribution in [0.15, 0.2) is 300 Å². The van der Waals surface area contributed by atoms with Crippen molar-refractivity contribution in [3.63, 3.8) is 0 Å². The van der Waals surface area contributed by atoms with Gasteiger partial charge in [0.05, 0.1) is 68.2 Å². The summed E-state index contributed by atoms with van der Waals surface area (Å²) in [5.74, 6) is -0.720. The maximum Gasteiger partial charge on any atom is 0.143 e. The van der Waals surface area contributed by atoms with Crippen molar-refractivity contribution in [1.82, 2.24) is 0 Å². The zero-order valence-electron chi connectivity index (χ0n) is 66.3. The number of benzene rings is 12. The highest BCUT2D eigenvalue weighted by molar-refractivity contribution is 5.66. The second-order valence-electron chi connectivity index (χ2n) is 32.6. The summed E-state index contributed by atoms with van der Waals surface area (Å²) >= 11 is 0. The molecule has 0 fully saturated rings. The third-order valence-electron chi connectivity index (χ3n) is 19.5. The van der Waals surface area contributed by atoms with Crippen molar-refractivity contribution < 1.29 is 40.9 Å². The van der Waals surface area contributed by atoms with E-state index < -0.39 is 0 Å². The highest BCUT2D eigenvalue weighted by atomic mass is 16.3. The maximum absolute atomic E-state index is 12.7. The molecule has 0 heterocycles. The molecule has 1 aliphatic rings. The first kappa shape index (κ1) is 79.9. The predicted octanol–water partition coefficient (Wildman–Crippen LogP) is 28.5. The number of phenolic OH excluding ortho intramolecular Hbond substituents is 8. The van der Waals surface area contributed by atoms with Crippen LogP contribution in [-0.4, -0.2) is 40.9 Å². The van der Waals surface area contributed by atoms with Crippen LogP contribution in [0.2, 0.25) is 0 Å². The first-order valence-corrected chi connectivity index (χ1v) is 37.7. The van der Waals surface area contributed by atoms with Gasteiger partial charge in [0.15, 0.2) is 0 Å². The fourth-order valence-electron chi connectivity index (χ4n) is 12.6. The average molecular weight is 1550 g/mol. The summed E-state index contributed by atoms with van der Waals surface area (Å²) in [5, 5.41) is 166. The number of nitrogens with zero attached hydrogens (tertiary/aromatic N) is 16. The first-order chi connectivity index (χ1) is 55.2. The van der Waals surface area contributed by atoms with Crippen molar-refractivity contribution in [2.75, 3.05) is 0 Å². The highest BCUT2D eigenvalue weighted by Crippen LogP contribution is 2.46. The van der Waals surface area contributed by atoms with Crippen LogP contribution in [0.3, 0.4) is 0 Å². The van der Waals surface area contributed by atoms with Crippen LogP contribution >= 0.6 is 0 Å². The van der Waals surface area contributed by atoms with E-state index >= 15 is 0 Å². The quantitative estimate of drug-likeness (QED) is 0.0429. The molecular formula is C92H88N16O8. The molecule has 0 amide bonds. The van der Waals surface area contributed by atoms with Crippen LogP contribution in [-0.2, 0) is 47.3 Å². The van der Waals surface area contributed by atoms with E-state index in [1.165, 1.54) is 0 Å². The number of hydrogen-bond acceptors (Lipinski definition) is 24. The van der Waals surface area contributed by atoms with E-state index in [-0.39, 0.29) is 93.3 Å². The normalized spacial score (nSPS) is 13.2. The first-order valence-electron chi connectivity index (χ1n) is 37.7. The Balaban J connectivity index is 0.891. The zero-order chi connectivity index (χ0) is 82.4. The standard InChI is InChI=1S/C92H88N16O8/c1-89(2,3)61-13-33-81(109)77(49-61)105-97-69-25-17-65(18-26-69)93-101-73-41-53-37-55-43-74(102-94-66-19-27-70(28-20-66)98-106-78-50-62(90(4,5)6)14-34-82(78)110)45-57(86(55)114)39-59-47-76(104-96-68-23-31-72(32-24-68)100-108-80-52-64(92(10,11)12)16-36-84(80)112)48-60(88(59)116)40-58-46-75(44-56(87(58)115)38-54(42-73)85(53)113)103-95-67-21-29-71(30-22-67)99-107-79-51-63(91(7,8)9)15-35-83(79)111/h13-36,41-52,109-116H,37-40H2,1-12H3. The molecule has 8 bridgehead atoms. The summed E-state index contributed by atoms with van der Waals surface area (Å²) in [6, 6.07) is 61.7. The number of azo groups is 8. The molecule has 0 aromatic heterocycles. The van der Waals surface area contributed by atoms with Crippen LogP contribution < -0.4 is 0 Å². The zero-order valence-corrected chi connectivity index (χ0v) is 66.3. The molecule has 0 atom stereocenters. The van der Waals surface area contributed by atoms with Crippen LogP contribution in [0.4, 0.5) is 91.0 Å². The highest BCUT2D eigenvalue weighted by Gasteiger charge is 2.25. The minimum absolute atomic E-state index is 0.00733. The minimum Gasteiger partial charge on any atom is -0.507 e. The Morgan fingerprint density at radius 3 is 0.457 bits per heavy atom. The molecule has 584 valence electrons. The summed E-state index contributed by atoms with van der Waals surface area (Å²) in [6.07, 6.45) is -0.487. The predicted molar refractivity (Wildman–Crippen MR) is 450 cm³/mol. The molecule has 0 saturated heterocycles. The lowest BCUT2D eigenvalue weighted by Gasteiger charge is -2.19. The summed E-state index contributed by atoms with van der Waals surface area (Å²) < 4.78 is 0. The third-order valence-corrected chi connectivity index (χ3v) is 19.5. The van der Waals surface area contributed by atoms with Gasteiger partial charge in [-0.3, -0.25) is 0 Å². The monoisotopic (exact) mass is 1540 g/mol. The summed E-state index contributed by atoms with van der Waals surface area (Å²) in [6.45, 7) is 24.9. The fourth-order valence-corrected chi connectivity index (χ4v) is 12.6. The Morgan fingerprint density at radius 2 is 0.310 bits per heavy atom. The SMILES string of the molecule is CC(C)(C)c1ccc(O)c(N=Nc2ccc(N=Nc3cc4c(O)c(c3)Cc3cc(N=Nc5ccc(N=Nc6cc(C(C)(C)C)ccc6O)cc5)cc(c3O)Cc3cc(N=Nc5ccc(N=Nc6cc(C(C)(C)C)ccc6O)cc5)cc(c3O)Cc3cc(N=Nc5ccc(N=Nc6cc(C(C)(C)C)ccc6O)cc5)cc(c3O)C4)cc2)c1. The lowest BCUT2D eigenvalue weighted by molar-refractivity contribution is 0.450. The number of aromatic hydroxyl groups is 8. The van der Waals surface area contributed by atoms with Gasteiger partial charge in [0, 0.05) is 70.2 Å². The number of fused-ring (bicyclic) bond motifs is 8. The van der Waals surface area contributed by atoms with Crippen molar-refractivity contribution in [1.29, 1.82) is 0 Å². The number of rotatable bonds is 16. The summed E-state index contributed by atoms with van der Waals surface area (Å²) in [4.78, 5) is 0. The van der Waals surface area contributed by atoms with Crippen molar-refractivity contribution >= 4 is 91.0 Å². The molecule has 24 nitrogen and oxygen atoms in total. The average Bonchev–Trinajstić information content (AvgIpc) is 0.777. The van der Waals surface area contributed by atoms with E-state index in [9.17, 15) is 40.9 Å². The Morgan fingerprint density at radius 1 is 0.172 bits per heavy atom. The van der Waals surface area contributed by atoms with Gasteiger partial charge in [0.1, 0.15) is 68.7 Å². The molecule has 13 rings (SSSR count). The van der Waals surface area contributed by atoms with Crippen molar-refractivity contribution in [3.05, 3.63) is 285 Å². The molecule has 8 N–H and O–H groups in total.